The monoisotopic (exact) mass is 293 g/mol. The summed E-state index contributed by atoms with van der Waals surface area (Å²) < 4.78 is 11.0. The first-order valence-electron chi connectivity index (χ1n) is 7.59. The van der Waals surface area contributed by atoms with Gasteiger partial charge < -0.3 is 14.8 Å². The van der Waals surface area contributed by atoms with Crippen molar-refractivity contribution in [2.45, 2.75) is 57.3 Å². The van der Waals surface area contributed by atoms with Crippen LogP contribution in [0.5, 0.6) is 0 Å². The third-order valence-corrected chi connectivity index (χ3v) is 4.56. The van der Waals surface area contributed by atoms with E-state index in [0.29, 0.717) is 12.3 Å². The van der Waals surface area contributed by atoms with Gasteiger partial charge in [0.2, 0.25) is 0 Å². The molecule has 1 aromatic heterocycles. The van der Waals surface area contributed by atoms with E-state index < -0.39 is 0 Å². The third kappa shape index (κ3) is 2.58. The number of hydrogen-bond donors (Lipinski definition) is 2. The predicted molar refractivity (Wildman–Crippen MR) is 77.2 cm³/mol. The summed E-state index contributed by atoms with van der Waals surface area (Å²) in [6.45, 7) is 4.56. The molecule has 1 aliphatic heterocycles. The van der Waals surface area contributed by atoms with Gasteiger partial charge in [0.15, 0.2) is 5.69 Å². The Morgan fingerprint density at radius 1 is 1.52 bits per heavy atom. The summed E-state index contributed by atoms with van der Waals surface area (Å²) in [5.41, 5.74) is 2.22. The lowest BCUT2D eigenvalue weighted by Crippen LogP contribution is -2.56. The molecule has 6 heteroatoms. The Kier molecular flexibility index (Phi) is 3.75. The second kappa shape index (κ2) is 5.42. The summed E-state index contributed by atoms with van der Waals surface area (Å²) in [4.78, 5) is 12.6. The summed E-state index contributed by atoms with van der Waals surface area (Å²) in [5, 5.41) is 10.3. The molecule has 0 bridgehead atoms. The Morgan fingerprint density at radius 3 is 2.90 bits per heavy atom. The minimum Gasteiger partial charge on any atom is -0.382 e. The smallest absolute Gasteiger partial charge is 0.272 e. The first-order valence-corrected chi connectivity index (χ1v) is 7.59. The predicted octanol–water partition coefficient (Wildman–Crippen LogP) is 1.73. The quantitative estimate of drug-likeness (QED) is 0.886. The molecule has 21 heavy (non-hydrogen) atoms. The van der Waals surface area contributed by atoms with Gasteiger partial charge in [-0.1, -0.05) is 0 Å². The van der Waals surface area contributed by atoms with Crippen molar-refractivity contribution in [1.82, 2.24) is 15.5 Å². The maximum atomic E-state index is 12.6. The van der Waals surface area contributed by atoms with Gasteiger partial charge in [0.1, 0.15) is 0 Å². The molecule has 0 unspecified atom stereocenters. The van der Waals surface area contributed by atoms with Gasteiger partial charge in [0, 0.05) is 19.1 Å². The molecule has 2 heterocycles. The van der Waals surface area contributed by atoms with Gasteiger partial charge in [0.25, 0.3) is 5.91 Å². The highest BCUT2D eigenvalue weighted by molar-refractivity contribution is 5.94. The highest BCUT2D eigenvalue weighted by Gasteiger charge is 2.40. The second-order valence-corrected chi connectivity index (χ2v) is 6.28. The van der Waals surface area contributed by atoms with Crippen molar-refractivity contribution in [3.05, 3.63) is 17.0 Å². The number of methoxy groups -OCH3 is 1. The average Bonchev–Trinajstić information content (AvgIpc) is 2.80. The van der Waals surface area contributed by atoms with Crippen LogP contribution in [0.3, 0.4) is 0 Å². The zero-order valence-electron chi connectivity index (χ0n) is 12.9. The van der Waals surface area contributed by atoms with Crippen molar-refractivity contribution in [1.29, 1.82) is 0 Å². The molecule has 6 nitrogen and oxygen atoms in total. The molecule has 1 saturated carbocycles. The molecule has 1 aromatic rings. The van der Waals surface area contributed by atoms with Gasteiger partial charge in [-0.3, -0.25) is 9.89 Å². The van der Waals surface area contributed by atoms with Gasteiger partial charge >= 0.3 is 0 Å². The van der Waals surface area contributed by atoms with Crippen LogP contribution in [0.2, 0.25) is 0 Å². The zero-order chi connectivity index (χ0) is 15.0. The number of nitrogens with zero attached hydrogens (tertiary/aromatic N) is 1. The molecular weight excluding hydrogens is 270 g/mol. The van der Waals surface area contributed by atoms with E-state index in [1.54, 1.807) is 7.11 Å². The van der Waals surface area contributed by atoms with Gasteiger partial charge in [-0.05, 0) is 33.1 Å². The molecule has 0 radical (unpaired) electrons. The standard InChI is InChI=1S/C15H23N3O3/c1-9-7-11-12(10(2)21-9)17-18-13(11)14(19)16-15(8-20-3)5-4-6-15/h9-10H,4-8H2,1-3H3,(H,16,19)(H,17,18)/t9-,10+/m0/s1. The van der Waals surface area contributed by atoms with Crippen LogP contribution in [-0.2, 0) is 15.9 Å². The third-order valence-electron chi connectivity index (χ3n) is 4.56. The van der Waals surface area contributed by atoms with E-state index in [2.05, 4.69) is 15.5 Å². The lowest BCUT2D eigenvalue weighted by molar-refractivity contribution is -0.00701. The van der Waals surface area contributed by atoms with Crippen molar-refractivity contribution in [2.24, 2.45) is 0 Å². The number of carbonyl (C=O) groups is 1. The van der Waals surface area contributed by atoms with Gasteiger partial charge in [-0.15, -0.1) is 0 Å². The van der Waals surface area contributed by atoms with Crippen molar-refractivity contribution in [3.63, 3.8) is 0 Å². The number of carbonyl (C=O) groups excluding carboxylic acids is 1. The number of fused-ring (bicyclic) bond motifs is 1. The summed E-state index contributed by atoms with van der Waals surface area (Å²) >= 11 is 0. The SMILES string of the molecule is COCC1(NC(=O)c2n[nH]c3c2C[C@H](C)O[C@@H]3C)CCC1. The first-order chi connectivity index (χ1) is 10.0. The van der Waals surface area contributed by atoms with Crippen LogP contribution in [0, 0.1) is 0 Å². The molecule has 0 saturated heterocycles. The molecule has 2 aliphatic rings. The van der Waals surface area contributed by atoms with Crippen LogP contribution in [0.4, 0.5) is 0 Å². The number of ether oxygens (including phenoxy) is 2. The molecular formula is C15H23N3O3. The molecule has 0 spiro atoms. The van der Waals surface area contributed by atoms with E-state index in [-0.39, 0.29) is 23.7 Å². The molecule has 3 rings (SSSR count). The fourth-order valence-corrected chi connectivity index (χ4v) is 3.35. The number of rotatable bonds is 4. The number of aromatic nitrogens is 2. The molecule has 1 amide bonds. The second-order valence-electron chi connectivity index (χ2n) is 6.28. The largest absolute Gasteiger partial charge is 0.382 e. The lowest BCUT2D eigenvalue weighted by Gasteiger charge is -2.41. The number of hydrogen-bond acceptors (Lipinski definition) is 4. The summed E-state index contributed by atoms with van der Waals surface area (Å²) in [6, 6.07) is 0. The molecule has 1 fully saturated rings. The molecule has 2 atom stereocenters. The lowest BCUT2D eigenvalue weighted by atomic mass is 9.77. The molecule has 0 aromatic carbocycles. The van der Waals surface area contributed by atoms with Crippen molar-refractivity contribution in [2.75, 3.05) is 13.7 Å². The van der Waals surface area contributed by atoms with E-state index in [9.17, 15) is 4.79 Å². The fourth-order valence-electron chi connectivity index (χ4n) is 3.35. The Morgan fingerprint density at radius 2 is 2.29 bits per heavy atom. The number of H-pyrrole nitrogens is 1. The van der Waals surface area contributed by atoms with E-state index >= 15 is 0 Å². The van der Waals surface area contributed by atoms with Crippen LogP contribution < -0.4 is 5.32 Å². The summed E-state index contributed by atoms with van der Waals surface area (Å²) in [6.07, 6.45) is 3.84. The van der Waals surface area contributed by atoms with Crippen LogP contribution in [-0.4, -0.2) is 41.5 Å². The van der Waals surface area contributed by atoms with E-state index in [4.69, 9.17) is 9.47 Å². The van der Waals surface area contributed by atoms with Crippen molar-refractivity contribution >= 4 is 5.91 Å². The maximum absolute atomic E-state index is 12.6. The topological polar surface area (TPSA) is 76.2 Å². The number of aromatic amines is 1. The van der Waals surface area contributed by atoms with Crippen molar-refractivity contribution < 1.29 is 14.3 Å². The van der Waals surface area contributed by atoms with Crippen LogP contribution >= 0.6 is 0 Å². The first kappa shape index (κ1) is 14.5. The van der Waals surface area contributed by atoms with E-state index in [0.717, 1.165) is 36.9 Å². The summed E-state index contributed by atoms with van der Waals surface area (Å²) in [5.74, 6) is -0.106. The number of nitrogens with one attached hydrogen (secondary N) is 2. The van der Waals surface area contributed by atoms with Crippen LogP contribution in [0.25, 0.3) is 0 Å². The summed E-state index contributed by atoms with van der Waals surface area (Å²) in [7, 11) is 1.67. The zero-order valence-corrected chi connectivity index (χ0v) is 12.9. The van der Waals surface area contributed by atoms with Crippen molar-refractivity contribution in [3.8, 4) is 0 Å². The maximum Gasteiger partial charge on any atom is 0.272 e. The molecule has 116 valence electrons. The minimum atomic E-state index is -0.208. The van der Waals surface area contributed by atoms with Gasteiger partial charge in [0.05, 0.1) is 30.0 Å². The minimum absolute atomic E-state index is 0.0468. The molecule has 1 aliphatic carbocycles. The van der Waals surface area contributed by atoms with Crippen LogP contribution in [0.15, 0.2) is 0 Å². The Hall–Kier alpha value is -1.40. The van der Waals surface area contributed by atoms with Crippen LogP contribution in [0.1, 0.15) is 61.0 Å². The number of amides is 1. The fraction of sp³-hybridized carbons (Fsp3) is 0.733. The van der Waals surface area contributed by atoms with Gasteiger partial charge in [-0.2, -0.15) is 5.10 Å². The average molecular weight is 293 g/mol. The Balaban J connectivity index is 1.80. The normalized spacial score (nSPS) is 26.8. The highest BCUT2D eigenvalue weighted by Crippen LogP contribution is 2.34. The van der Waals surface area contributed by atoms with E-state index in [1.165, 1.54) is 0 Å². The Bertz CT molecular complexity index is 536. The van der Waals surface area contributed by atoms with Gasteiger partial charge in [-0.25, -0.2) is 0 Å². The highest BCUT2D eigenvalue weighted by atomic mass is 16.5. The van der Waals surface area contributed by atoms with E-state index in [1.807, 2.05) is 13.8 Å². The molecule has 2 N–H and O–H groups in total. The Labute approximate surface area is 124 Å².